The number of benzene rings is 13. The van der Waals surface area contributed by atoms with Gasteiger partial charge in [-0.25, -0.2) is 14.5 Å². The van der Waals surface area contributed by atoms with Crippen molar-refractivity contribution in [1.29, 1.82) is 0 Å². The number of amides is 2. The highest BCUT2D eigenvalue weighted by atomic mass is 16.6. The molecule has 0 unspecified atom stereocenters. The molecule has 0 N–H and O–H groups in total. The normalized spacial score (nSPS) is 14.3. The van der Waals surface area contributed by atoms with Crippen LogP contribution in [0.2, 0.25) is 0 Å². The fourth-order valence-electron chi connectivity index (χ4n) is 20.2. The highest BCUT2D eigenvalue weighted by Crippen LogP contribution is 2.59. The Balaban J connectivity index is 1.08. The summed E-state index contributed by atoms with van der Waals surface area (Å²) in [6.45, 7) is 53.8. The molecule has 2 aliphatic heterocycles. The van der Waals surface area contributed by atoms with E-state index in [1.165, 1.54) is 4.90 Å². The molecule has 2 heterocycles. The molecule has 0 fully saturated rings. The van der Waals surface area contributed by atoms with Crippen LogP contribution in [0.15, 0.2) is 164 Å². The third-order valence-electron chi connectivity index (χ3n) is 23.3. The first-order valence-electron chi connectivity index (χ1n) is 40.2. The summed E-state index contributed by atoms with van der Waals surface area (Å²) < 4.78 is 35.4. The molecule has 0 spiro atoms. The molecule has 0 radical (unpaired) electrons. The molecule has 2 aliphatic rings. The first-order valence-corrected chi connectivity index (χ1v) is 40.2. The second-order valence-electron chi connectivity index (χ2n) is 40.5. The van der Waals surface area contributed by atoms with Gasteiger partial charge in [-0.1, -0.05) is 257 Å². The van der Waals surface area contributed by atoms with Gasteiger partial charge in [0.2, 0.25) is 0 Å². The van der Waals surface area contributed by atoms with Crippen LogP contribution in [0.25, 0.3) is 75.4 Å². The van der Waals surface area contributed by atoms with Crippen molar-refractivity contribution in [1.82, 2.24) is 0 Å². The first-order chi connectivity index (χ1) is 52.3. The van der Waals surface area contributed by atoms with E-state index in [4.69, 9.17) is 23.7 Å². The van der Waals surface area contributed by atoms with Crippen molar-refractivity contribution < 1.29 is 42.9 Å². The topological polar surface area (TPSA) is 118 Å². The number of imide groups is 1. The Bertz CT molecular complexity index is 5650. The Morgan fingerprint density at radius 2 is 0.536 bits per heavy atom. The van der Waals surface area contributed by atoms with Gasteiger partial charge in [0.25, 0.3) is 11.8 Å². The van der Waals surface area contributed by atoms with E-state index in [-0.39, 0.29) is 66.3 Å². The molecule has 10 heteroatoms. The van der Waals surface area contributed by atoms with Crippen LogP contribution in [0, 0.1) is 21.7 Å². The van der Waals surface area contributed by atoms with E-state index in [9.17, 15) is 9.59 Å². The number of hydrogen-bond donors (Lipinski definition) is 0. The van der Waals surface area contributed by atoms with Crippen LogP contribution >= 0.6 is 0 Å². The van der Waals surface area contributed by atoms with Gasteiger partial charge in [0.15, 0.2) is 0 Å². The minimum Gasteiger partial charge on any atom is -0.457 e. The summed E-state index contributed by atoms with van der Waals surface area (Å²) in [5, 5.41) is 9.47. The molecule has 2 amide bonds. The van der Waals surface area contributed by atoms with Crippen LogP contribution < -0.4 is 23.8 Å². The second kappa shape index (κ2) is 26.7. The molecule has 112 heavy (non-hydrogen) atoms. The van der Waals surface area contributed by atoms with Crippen molar-refractivity contribution in [2.45, 2.75) is 225 Å². The van der Waals surface area contributed by atoms with Crippen molar-refractivity contribution in [2.75, 3.05) is 4.90 Å². The van der Waals surface area contributed by atoms with Gasteiger partial charge in [-0.2, -0.15) is 0 Å². The number of anilines is 1. The quantitative estimate of drug-likeness (QED) is 0.0256. The van der Waals surface area contributed by atoms with Crippen molar-refractivity contribution in [3.05, 3.63) is 219 Å². The SMILES string of the molecule is CC(C)c1cccc(C(C)C)c1N1C(=O)c2cc(Oc3ccc(C(C)(C)CC(C)(C)C)cc3)c3c4ccc5c6c(Oc7ccc(C(C)(C)CC(C)(C)C)cc7)cc7c8c(cc(Oc9ccc(C(C)(C)CC(C)(C)C)cc9)c(c9ccc(c%10c(Oc%11ccc(C(C)(C)CC(C)(C)C)cc%11)cc(c2c3%10)C1=O)c4c59)c86)C(=O)OC7=O. The number of nitrogens with zero attached hydrogens (tertiary/aromatic N) is 1. The molecule has 13 aromatic carbocycles. The van der Waals surface area contributed by atoms with E-state index in [2.05, 4.69) is 239 Å². The van der Waals surface area contributed by atoms with Gasteiger partial charge < -0.3 is 23.7 Å². The number of carbonyl (C=O) groups is 4. The highest BCUT2D eigenvalue weighted by molar-refractivity contribution is 6.48. The van der Waals surface area contributed by atoms with E-state index in [0.29, 0.717) is 106 Å². The lowest BCUT2D eigenvalue weighted by molar-refractivity contribution is 0.0390. The molecule has 576 valence electrons. The first kappa shape index (κ1) is 77.0. The molecule has 10 nitrogen and oxygen atoms in total. The summed E-state index contributed by atoms with van der Waals surface area (Å²) in [6, 6.07) is 54.9. The smallest absolute Gasteiger partial charge is 0.346 e. The largest absolute Gasteiger partial charge is 0.457 e. The van der Waals surface area contributed by atoms with Crippen molar-refractivity contribution >= 4 is 105 Å². The van der Waals surface area contributed by atoms with Crippen molar-refractivity contribution in [2.24, 2.45) is 21.7 Å². The zero-order valence-corrected chi connectivity index (χ0v) is 70.2. The summed E-state index contributed by atoms with van der Waals surface area (Å²) in [6.07, 6.45) is 3.77. The molecule has 13 aromatic rings. The number of ether oxygens (including phenoxy) is 5. The third-order valence-corrected chi connectivity index (χ3v) is 23.3. The minimum absolute atomic E-state index is 0.0516. The van der Waals surface area contributed by atoms with Crippen LogP contribution in [-0.4, -0.2) is 23.8 Å². The molecular weight excluding hydrogens is 1380 g/mol. The molecule has 0 aliphatic carbocycles. The Labute approximate surface area is 661 Å². The number of hydrogen-bond acceptors (Lipinski definition) is 9. The average molecular weight is 1490 g/mol. The Hall–Kier alpha value is -10.3. The molecule has 0 aromatic heterocycles. The van der Waals surface area contributed by atoms with Gasteiger partial charge in [0.05, 0.1) is 27.9 Å². The zero-order chi connectivity index (χ0) is 80.5. The summed E-state index contributed by atoms with van der Waals surface area (Å²) in [7, 11) is 0. The molecule has 0 atom stereocenters. The highest BCUT2D eigenvalue weighted by Gasteiger charge is 2.43. The maximum Gasteiger partial charge on any atom is 0.346 e. The molecule has 0 saturated heterocycles. The van der Waals surface area contributed by atoms with Crippen LogP contribution in [0.5, 0.6) is 46.0 Å². The molecule has 15 rings (SSSR count). The Morgan fingerprint density at radius 1 is 0.295 bits per heavy atom. The third kappa shape index (κ3) is 13.8. The molecular formula is C102H109NO9. The van der Waals surface area contributed by atoms with Crippen molar-refractivity contribution in [3.8, 4) is 46.0 Å². The number of rotatable bonds is 19. The summed E-state index contributed by atoms with van der Waals surface area (Å²) in [5.41, 5.74) is 7.52. The molecule has 0 saturated carbocycles. The lowest BCUT2D eigenvalue weighted by atomic mass is 9.72. The summed E-state index contributed by atoms with van der Waals surface area (Å²) in [4.78, 5) is 63.8. The van der Waals surface area contributed by atoms with E-state index in [1.54, 1.807) is 12.1 Å². The fourth-order valence-corrected chi connectivity index (χ4v) is 20.2. The van der Waals surface area contributed by atoms with Gasteiger partial charge in [-0.15, -0.1) is 0 Å². The Morgan fingerprint density at radius 3 is 0.777 bits per heavy atom. The average Bonchev–Trinajstić information content (AvgIpc) is 0.671. The summed E-state index contributed by atoms with van der Waals surface area (Å²) in [5.74, 6) is 1.13. The maximum absolute atomic E-state index is 16.5. The van der Waals surface area contributed by atoms with Gasteiger partial charge in [0, 0.05) is 43.1 Å². The predicted octanol–water partition coefficient (Wildman–Crippen LogP) is 29.0. The lowest BCUT2D eigenvalue weighted by Crippen LogP contribution is -2.42. The number of fused-ring (bicyclic) bond motifs is 4. The minimum atomic E-state index is -0.787. The van der Waals surface area contributed by atoms with Crippen LogP contribution in [-0.2, 0) is 26.4 Å². The van der Waals surface area contributed by atoms with Crippen LogP contribution in [0.4, 0.5) is 5.69 Å². The second-order valence-corrected chi connectivity index (χ2v) is 40.5. The van der Waals surface area contributed by atoms with E-state index >= 15 is 9.59 Å². The number of cyclic esters (lactones) is 2. The van der Waals surface area contributed by atoms with Gasteiger partial charge in [-0.3, -0.25) is 9.59 Å². The molecule has 0 bridgehead atoms. The van der Waals surface area contributed by atoms with Gasteiger partial charge in [0.1, 0.15) is 46.0 Å². The summed E-state index contributed by atoms with van der Waals surface area (Å²) >= 11 is 0. The Kier molecular flexibility index (Phi) is 18.3. The van der Waals surface area contributed by atoms with Crippen molar-refractivity contribution in [3.63, 3.8) is 0 Å². The number of carbonyl (C=O) groups excluding carboxylic acids is 4. The maximum atomic E-state index is 16.5. The van der Waals surface area contributed by atoms with Crippen LogP contribution in [0.1, 0.15) is 279 Å². The van der Waals surface area contributed by atoms with E-state index < -0.39 is 23.8 Å². The zero-order valence-electron chi connectivity index (χ0n) is 70.2. The van der Waals surface area contributed by atoms with E-state index in [0.717, 1.165) is 91.4 Å². The number of para-hydroxylation sites is 1. The van der Waals surface area contributed by atoms with Crippen LogP contribution in [0.3, 0.4) is 0 Å². The monoisotopic (exact) mass is 1490 g/mol. The van der Waals surface area contributed by atoms with Gasteiger partial charge >= 0.3 is 11.9 Å². The predicted molar refractivity (Wildman–Crippen MR) is 461 cm³/mol. The van der Waals surface area contributed by atoms with E-state index in [1.807, 2.05) is 78.9 Å². The fraction of sp³-hybridized carbons (Fsp3) is 0.373. The van der Waals surface area contributed by atoms with Gasteiger partial charge in [-0.05, 0) is 219 Å². The number of esters is 2. The standard InChI is InChI=1S/C102H109NO9/c1-56(2)66-26-25-27-67(57(3)4)90(66)103-91(104)72-48-76(108-62-36-28-58(29-37-62)99(17,18)52-95(5,6)7)84-68-44-46-70-81-71(47-45-69(80(68)81)85-77(49-73(92(103)105)82(72)88(84)85)109-63-38-30-59(31-39-63)100(19,20)53-96(8,9)10)87-79(111-65-42-34-61(35-43-65)102(23,24)55-98(14,15)16)51-75-83-74(93(106)112-94(75)107)50-78(86(70)89(83)87)110-64-40-32-60(33-41-64)101(21,22)54-97(11,12)13/h25-51,56-57H,52-55H2,1-24H3. The lowest BCUT2D eigenvalue weighted by Gasteiger charge is -2.34.